The second kappa shape index (κ2) is 20.3. The topological polar surface area (TPSA) is 173 Å². The minimum Gasteiger partial charge on any atom is -0.497 e. The van der Waals surface area contributed by atoms with Crippen LogP contribution >= 0.6 is 0 Å². The fraction of sp³-hybridized carbons (Fsp3) is 0.426. The van der Waals surface area contributed by atoms with Crippen molar-refractivity contribution in [2.45, 2.75) is 91.1 Å². The van der Waals surface area contributed by atoms with Crippen LogP contribution in [0.15, 0.2) is 103 Å². The molecule has 13 nitrogen and oxygen atoms in total. The van der Waals surface area contributed by atoms with E-state index in [0.717, 1.165) is 27.9 Å². The number of carboxylic acid groups (broad SMARTS) is 1. The van der Waals surface area contributed by atoms with Gasteiger partial charge in [-0.1, -0.05) is 107 Å². The molecule has 1 fully saturated rings. The van der Waals surface area contributed by atoms with E-state index in [9.17, 15) is 24.3 Å². The zero-order chi connectivity index (χ0) is 43.5. The lowest BCUT2D eigenvalue weighted by Crippen LogP contribution is -2.58. The number of nitrogens with zero attached hydrogens (tertiary/aromatic N) is 3. The number of carbonyl (C=O) groups is 4. The van der Waals surface area contributed by atoms with Gasteiger partial charge in [0, 0.05) is 50.4 Å². The number of pyridine rings is 1. The summed E-state index contributed by atoms with van der Waals surface area (Å²) in [5.74, 6) is 0.0255. The van der Waals surface area contributed by atoms with Crippen molar-refractivity contribution < 1.29 is 34.1 Å². The predicted molar refractivity (Wildman–Crippen MR) is 231 cm³/mol. The van der Waals surface area contributed by atoms with Gasteiger partial charge in [-0.05, 0) is 71.0 Å². The summed E-state index contributed by atoms with van der Waals surface area (Å²) in [6.45, 7) is 10.6. The minimum absolute atomic E-state index is 0.0363. The molecule has 3 aromatic carbocycles. The lowest BCUT2D eigenvalue weighted by molar-refractivity contribution is -0.130. The number of urea groups is 1. The van der Waals surface area contributed by atoms with E-state index in [4.69, 9.17) is 9.84 Å². The number of rotatable bonds is 19. The van der Waals surface area contributed by atoms with Gasteiger partial charge in [0.1, 0.15) is 11.8 Å². The van der Waals surface area contributed by atoms with E-state index in [2.05, 4.69) is 20.9 Å². The Bertz CT molecular complexity index is 2040. The van der Waals surface area contributed by atoms with E-state index in [1.165, 1.54) is 0 Å². The van der Waals surface area contributed by atoms with Crippen LogP contribution in [-0.4, -0.2) is 99.9 Å². The van der Waals surface area contributed by atoms with Gasteiger partial charge in [0.25, 0.3) is 0 Å². The van der Waals surface area contributed by atoms with Gasteiger partial charge in [-0.15, -0.1) is 0 Å². The molecule has 0 saturated carbocycles. The van der Waals surface area contributed by atoms with Crippen LogP contribution in [0.5, 0.6) is 5.75 Å². The first-order chi connectivity index (χ1) is 28.5. The number of aliphatic hydroxyl groups is 1. The first kappa shape index (κ1) is 45.1. The molecule has 5 N–H and O–H groups in total. The van der Waals surface area contributed by atoms with Crippen molar-refractivity contribution in [2.75, 3.05) is 26.7 Å². The number of aliphatic hydroxyl groups excluding tert-OH is 1. The summed E-state index contributed by atoms with van der Waals surface area (Å²) in [6, 6.07) is 28.3. The van der Waals surface area contributed by atoms with Gasteiger partial charge in [-0.25, -0.2) is 9.59 Å². The third kappa shape index (κ3) is 13.0. The Morgan fingerprint density at radius 3 is 2.17 bits per heavy atom. The highest BCUT2D eigenvalue weighted by Gasteiger charge is 2.44. The van der Waals surface area contributed by atoms with Crippen molar-refractivity contribution in [3.05, 3.63) is 120 Å². The van der Waals surface area contributed by atoms with E-state index in [0.29, 0.717) is 38.2 Å². The van der Waals surface area contributed by atoms with E-state index in [1.54, 1.807) is 23.1 Å². The first-order valence-electron chi connectivity index (χ1n) is 20.5. The average Bonchev–Trinajstić information content (AvgIpc) is 3.55. The van der Waals surface area contributed by atoms with Crippen molar-refractivity contribution in [1.29, 1.82) is 0 Å². The molecule has 0 radical (unpaired) electrons. The molecule has 13 heteroatoms. The number of hydrogen-bond donors (Lipinski definition) is 5. The predicted octanol–water partition coefficient (Wildman–Crippen LogP) is 6.30. The molecule has 1 aliphatic rings. The fourth-order valence-electron chi connectivity index (χ4n) is 7.76. The molecular weight excluding hydrogens is 761 g/mol. The zero-order valence-corrected chi connectivity index (χ0v) is 35.6. The van der Waals surface area contributed by atoms with Gasteiger partial charge in [0.2, 0.25) is 11.8 Å². The van der Waals surface area contributed by atoms with Crippen molar-refractivity contribution in [1.82, 2.24) is 30.7 Å². The minimum atomic E-state index is -1.17. The van der Waals surface area contributed by atoms with Crippen LogP contribution < -0.4 is 20.7 Å². The maximum atomic E-state index is 14.6. The van der Waals surface area contributed by atoms with Crippen LogP contribution in [-0.2, 0) is 29.0 Å². The lowest BCUT2D eigenvalue weighted by Gasteiger charge is -2.38. The maximum absolute atomic E-state index is 14.6. The van der Waals surface area contributed by atoms with Gasteiger partial charge in [-0.2, -0.15) is 0 Å². The number of benzene rings is 3. The Morgan fingerprint density at radius 2 is 1.52 bits per heavy atom. The molecule has 320 valence electrons. The Labute approximate surface area is 353 Å². The largest absolute Gasteiger partial charge is 0.497 e. The molecule has 5 rings (SSSR count). The van der Waals surface area contributed by atoms with Crippen molar-refractivity contribution >= 4 is 23.9 Å². The number of ether oxygens (including phenoxy) is 1. The van der Waals surface area contributed by atoms with Crippen LogP contribution in [0.2, 0.25) is 0 Å². The van der Waals surface area contributed by atoms with Crippen LogP contribution in [0.25, 0.3) is 11.3 Å². The number of hydrogen-bond acceptors (Lipinski definition) is 7. The Hall–Kier alpha value is -5.95. The third-order valence-electron chi connectivity index (χ3n) is 10.8. The molecule has 1 aliphatic heterocycles. The quantitative estimate of drug-likeness (QED) is 0.0734. The van der Waals surface area contributed by atoms with Gasteiger partial charge in [-0.3, -0.25) is 14.6 Å². The van der Waals surface area contributed by atoms with Crippen LogP contribution in [0.3, 0.4) is 0 Å². The van der Waals surface area contributed by atoms with E-state index in [1.807, 2.05) is 132 Å². The highest BCUT2D eigenvalue weighted by Crippen LogP contribution is 2.30. The summed E-state index contributed by atoms with van der Waals surface area (Å²) in [4.78, 5) is 61.2. The summed E-state index contributed by atoms with van der Waals surface area (Å²) < 4.78 is 5.38. The Morgan fingerprint density at radius 1 is 0.833 bits per heavy atom. The summed E-state index contributed by atoms with van der Waals surface area (Å²) in [6.07, 6.45) is 0.256. The average molecular weight is 821 g/mol. The second-order valence-electron chi connectivity index (χ2n) is 17.5. The normalized spacial score (nSPS) is 15.2. The lowest BCUT2D eigenvalue weighted by atomic mass is 9.84. The third-order valence-corrected chi connectivity index (χ3v) is 10.8. The van der Waals surface area contributed by atoms with E-state index >= 15 is 0 Å². The summed E-state index contributed by atoms with van der Waals surface area (Å²) in [5, 5.41) is 30.0. The number of carbonyl (C=O) groups excluding carboxylic acids is 3. The number of aromatic nitrogens is 1. The van der Waals surface area contributed by atoms with Crippen LogP contribution in [0.4, 0.5) is 9.59 Å². The molecule has 4 atom stereocenters. The monoisotopic (exact) mass is 820 g/mol. The molecule has 4 unspecified atom stereocenters. The van der Waals surface area contributed by atoms with Gasteiger partial charge in [0.05, 0.1) is 24.9 Å². The molecular formula is C47H60N6O7. The molecule has 4 aromatic rings. The van der Waals surface area contributed by atoms with Gasteiger partial charge < -0.3 is 40.7 Å². The molecule has 1 aromatic heterocycles. The van der Waals surface area contributed by atoms with Crippen LogP contribution in [0.1, 0.15) is 64.2 Å². The molecule has 0 bridgehead atoms. The molecule has 0 aliphatic carbocycles. The summed E-state index contributed by atoms with van der Waals surface area (Å²) in [5.41, 5.74) is 3.16. The Kier molecular flexibility index (Phi) is 15.3. The number of amides is 5. The number of nitrogens with one attached hydrogen (secondary N) is 3. The maximum Gasteiger partial charge on any atom is 0.404 e. The van der Waals surface area contributed by atoms with Crippen molar-refractivity contribution in [3.63, 3.8) is 0 Å². The summed E-state index contributed by atoms with van der Waals surface area (Å²) >= 11 is 0. The standard InChI is InChI=1S/C47H60N6O7/c1-46(2,3)42(53-24-23-52(45(53)59)30-34-15-12-16-37(26-34)60-6)43(56)51-39(27-32-13-8-7-9-14-32)40(54)28-36(50-41(55)29-47(4,5)31-49-44(57)58)25-33-18-20-35(21-19-33)38-17-10-11-22-48-38/h7-22,26,36,39-40,42,49,54H,23-25,27-31H2,1-6H3,(H,50,55)(H,51,56)(H,57,58). The molecule has 2 heterocycles. The molecule has 5 amide bonds. The van der Waals surface area contributed by atoms with Crippen molar-refractivity contribution in [3.8, 4) is 17.0 Å². The van der Waals surface area contributed by atoms with Crippen LogP contribution in [0, 0.1) is 10.8 Å². The highest BCUT2D eigenvalue weighted by atomic mass is 16.5. The van der Waals surface area contributed by atoms with E-state index < -0.39 is 41.2 Å². The molecule has 1 saturated heterocycles. The number of methoxy groups -OCH3 is 1. The van der Waals surface area contributed by atoms with E-state index in [-0.39, 0.29) is 37.2 Å². The molecule has 0 spiro atoms. The van der Waals surface area contributed by atoms with Crippen molar-refractivity contribution in [2.24, 2.45) is 10.8 Å². The highest BCUT2D eigenvalue weighted by molar-refractivity contribution is 5.89. The SMILES string of the molecule is COc1cccc(CN2CCN(C(C(=O)NC(Cc3ccccc3)C(O)CC(Cc3ccc(-c4ccccn4)cc3)NC(=O)CC(C)(C)CNC(=O)O)C(C)(C)C)C2=O)c1. The second-order valence-corrected chi connectivity index (χ2v) is 17.5. The summed E-state index contributed by atoms with van der Waals surface area (Å²) in [7, 11) is 1.60. The Balaban J connectivity index is 1.38. The smallest absolute Gasteiger partial charge is 0.404 e. The zero-order valence-electron chi connectivity index (χ0n) is 35.6. The van der Waals surface area contributed by atoms with Gasteiger partial charge in [0.15, 0.2) is 0 Å². The first-order valence-corrected chi connectivity index (χ1v) is 20.5. The molecule has 60 heavy (non-hydrogen) atoms. The fourth-order valence-corrected chi connectivity index (χ4v) is 7.76. The van der Waals surface area contributed by atoms with Gasteiger partial charge >= 0.3 is 12.1 Å².